The molecular weight excluding hydrogens is 445 g/mol. The van der Waals surface area contributed by atoms with Crippen LogP contribution in [0.15, 0.2) is 27.6 Å². The van der Waals surface area contributed by atoms with Crippen molar-refractivity contribution in [1.29, 1.82) is 0 Å². The Morgan fingerprint density at radius 1 is 1.03 bits per heavy atom. The van der Waals surface area contributed by atoms with Crippen LogP contribution in [0.5, 0.6) is 0 Å². The molecule has 0 atom stereocenters. The van der Waals surface area contributed by atoms with Gasteiger partial charge in [0.05, 0.1) is 16.8 Å². The third-order valence-electron chi connectivity index (χ3n) is 8.04. The van der Waals surface area contributed by atoms with Crippen LogP contribution in [0, 0.1) is 17.7 Å². The quantitative estimate of drug-likeness (QED) is 0.520. The number of hydrogen-bond donors (Lipinski definition) is 0. The Morgan fingerprint density at radius 2 is 1.80 bits per heavy atom. The Morgan fingerprint density at radius 3 is 2.54 bits per heavy atom. The van der Waals surface area contributed by atoms with Crippen LogP contribution in [-0.2, 0) is 13.0 Å². The standard InChI is InChI=1S/C27H34FN5O2/c1-31-9-11-32(12-10-31)24-15-23-20(14-22(24)28)26(34)21(17-33(23)16-19-5-3-2-4-6-19)27-29-25(35-30-27)13-18-7-8-18/h14-15,17-19H,2-13,16H2,1H3. The number of rotatable bonds is 6. The minimum Gasteiger partial charge on any atom is -0.367 e. The van der Waals surface area contributed by atoms with Crippen LogP contribution in [0.25, 0.3) is 22.3 Å². The second-order valence-corrected chi connectivity index (χ2v) is 10.8. The fourth-order valence-corrected chi connectivity index (χ4v) is 5.66. The molecule has 7 nitrogen and oxygen atoms in total. The molecule has 0 N–H and O–H groups in total. The van der Waals surface area contributed by atoms with Crippen molar-refractivity contribution in [3.05, 3.63) is 40.3 Å². The molecule has 3 aromatic rings. The molecule has 0 unspecified atom stereocenters. The highest BCUT2D eigenvalue weighted by Crippen LogP contribution is 2.33. The van der Waals surface area contributed by atoms with Crippen LogP contribution < -0.4 is 10.3 Å². The highest BCUT2D eigenvalue weighted by atomic mass is 19.1. The second-order valence-electron chi connectivity index (χ2n) is 10.8. The van der Waals surface area contributed by atoms with E-state index >= 15 is 4.39 Å². The first kappa shape index (κ1) is 22.7. The van der Waals surface area contributed by atoms with Crippen LogP contribution in [0.2, 0.25) is 0 Å². The fraction of sp³-hybridized carbons (Fsp3) is 0.593. The van der Waals surface area contributed by atoms with E-state index in [4.69, 9.17) is 4.52 Å². The average Bonchev–Trinajstić information content (AvgIpc) is 3.56. The maximum atomic E-state index is 15.4. The number of aromatic nitrogens is 3. The number of halogens is 1. The van der Waals surface area contributed by atoms with Crippen LogP contribution >= 0.6 is 0 Å². The monoisotopic (exact) mass is 479 g/mol. The van der Waals surface area contributed by atoms with Gasteiger partial charge in [0, 0.05) is 50.7 Å². The summed E-state index contributed by atoms with van der Waals surface area (Å²) in [4.78, 5) is 22.5. The van der Waals surface area contributed by atoms with Crippen molar-refractivity contribution >= 4 is 16.6 Å². The van der Waals surface area contributed by atoms with E-state index < -0.39 is 0 Å². The van der Waals surface area contributed by atoms with Crippen molar-refractivity contribution in [2.45, 2.75) is 57.9 Å². The normalized spacial score (nSPS) is 20.1. The van der Waals surface area contributed by atoms with Crippen molar-refractivity contribution < 1.29 is 8.91 Å². The van der Waals surface area contributed by atoms with Crippen LogP contribution in [0.3, 0.4) is 0 Å². The molecule has 3 aliphatic rings. The number of benzene rings is 1. The van der Waals surface area contributed by atoms with E-state index in [1.165, 1.54) is 51.0 Å². The zero-order valence-corrected chi connectivity index (χ0v) is 20.5. The predicted molar refractivity (Wildman–Crippen MR) is 134 cm³/mol. The molecule has 0 spiro atoms. The van der Waals surface area contributed by atoms with E-state index in [2.05, 4.69) is 31.6 Å². The molecule has 0 amide bonds. The molecule has 1 aliphatic heterocycles. The van der Waals surface area contributed by atoms with Crippen molar-refractivity contribution in [3.63, 3.8) is 0 Å². The molecular formula is C27H34FN5O2. The summed E-state index contributed by atoms with van der Waals surface area (Å²) in [6.45, 7) is 4.15. The molecule has 3 heterocycles. The van der Waals surface area contributed by atoms with Crippen molar-refractivity contribution in [2.24, 2.45) is 11.8 Å². The summed E-state index contributed by atoms with van der Waals surface area (Å²) in [5, 5.41) is 4.53. The number of likely N-dealkylation sites (N-methyl/N-ethyl adjacent to an activating group) is 1. The zero-order valence-electron chi connectivity index (χ0n) is 20.5. The Bertz CT molecular complexity index is 1270. The molecule has 2 aromatic heterocycles. The summed E-state index contributed by atoms with van der Waals surface area (Å²) in [5.74, 6) is 1.72. The Hall–Kier alpha value is -2.74. The number of hydrogen-bond acceptors (Lipinski definition) is 6. The second kappa shape index (κ2) is 9.37. The van der Waals surface area contributed by atoms with Crippen LogP contribution in [-0.4, -0.2) is 52.8 Å². The van der Waals surface area contributed by atoms with E-state index in [1.54, 1.807) is 0 Å². The number of anilines is 1. The van der Waals surface area contributed by atoms with Gasteiger partial charge in [-0.2, -0.15) is 4.98 Å². The first-order valence-corrected chi connectivity index (χ1v) is 13.2. The lowest BCUT2D eigenvalue weighted by Gasteiger charge is -2.34. The number of nitrogens with zero attached hydrogens (tertiary/aromatic N) is 5. The fourth-order valence-electron chi connectivity index (χ4n) is 5.66. The Kier molecular flexibility index (Phi) is 6.08. The smallest absolute Gasteiger partial charge is 0.227 e. The molecule has 2 aliphatic carbocycles. The SMILES string of the molecule is CN1CCN(c2cc3c(cc2F)c(=O)c(-c2noc(CC4CC4)n2)cn3CC2CCCCC2)CC1. The summed E-state index contributed by atoms with van der Waals surface area (Å²) in [6, 6.07) is 3.32. The van der Waals surface area contributed by atoms with Gasteiger partial charge < -0.3 is 18.9 Å². The van der Waals surface area contributed by atoms with Crippen molar-refractivity contribution in [3.8, 4) is 11.4 Å². The highest BCUT2D eigenvalue weighted by Gasteiger charge is 2.26. The zero-order chi connectivity index (χ0) is 23.9. The van der Waals surface area contributed by atoms with E-state index in [0.717, 1.165) is 44.7 Å². The van der Waals surface area contributed by atoms with E-state index in [9.17, 15) is 4.79 Å². The van der Waals surface area contributed by atoms with Gasteiger partial charge in [-0.1, -0.05) is 24.4 Å². The Labute approximate surface area is 204 Å². The van der Waals surface area contributed by atoms with Gasteiger partial charge >= 0.3 is 0 Å². The molecule has 186 valence electrons. The van der Waals surface area contributed by atoms with Gasteiger partial charge in [-0.05, 0) is 56.7 Å². The molecule has 1 saturated heterocycles. The lowest BCUT2D eigenvalue weighted by atomic mass is 9.89. The lowest BCUT2D eigenvalue weighted by molar-refractivity contribution is 0.311. The summed E-state index contributed by atoms with van der Waals surface area (Å²) in [5.41, 5.74) is 1.54. The van der Waals surface area contributed by atoms with Gasteiger partial charge in [-0.15, -0.1) is 0 Å². The lowest BCUT2D eigenvalue weighted by Crippen LogP contribution is -2.44. The van der Waals surface area contributed by atoms with Crippen molar-refractivity contribution in [1.82, 2.24) is 19.6 Å². The summed E-state index contributed by atoms with van der Waals surface area (Å²) >= 11 is 0. The molecule has 0 bridgehead atoms. The maximum Gasteiger partial charge on any atom is 0.227 e. The summed E-state index contributed by atoms with van der Waals surface area (Å²) < 4.78 is 23.0. The van der Waals surface area contributed by atoms with Gasteiger partial charge in [0.15, 0.2) is 0 Å². The van der Waals surface area contributed by atoms with Gasteiger partial charge in [-0.3, -0.25) is 4.79 Å². The van der Waals surface area contributed by atoms with Gasteiger partial charge in [0.1, 0.15) is 5.82 Å². The minimum absolute atomic E-state index is 0.234. The Balaban J connectivity index is 1.43. The molecule has 35 heavy (non-hydrogen) atoms. The van der Waals surface area contributed by atoms with Gasteiger partial charge in [0.2, 0.25) is 17.1 Å². The third kappa shape index (κ3) is 4.73. The van der Waals surface area contributed by atoms with Gasteiger partial charge in [0.25, 0.3) is 0 Å². The molecule has 2 saturated carbocycles. The first-order valence-electron chi connectivity index (χ1n) is 13.2. The molecule has 6 rings (SSSR count). The minimum atomic E-state index is -0.344. The molecule has 3 fully saturated rings. The van der Waals surface area contributed by atoms with E-state index in [-0.39, 0.29) is 11.2 Å². The first-order chi connectivity index (χ1) is 17.0. The van der Waals surface area contributed by atoms with E-state index in [1.807, 2.05) is 12.3 Å². The molecule has 0 radical (unpaired) electrons. The highest BCUT2D eigenvalue weighted by molar-refractivity contribution is 5.86. The number of fused-ring (bicyclic) bond motifs is 1. The van der Waals surface area contributed by atoms with Crippen molar-refractivity contribution in [2.75, 3.05) is 38.1 Å². The largest absolute Gasteiger partial charge is 0.367 e. The number of pyridine rings is 1. The van der Waals surface area contributed by atoms with Crippen LogP contribution in [0.1, 0.15) is 50.8 Å². The predicted octanol–water partition coefficient (Wildman–Crippen LogP) is 4.48. The average molecular weight is 480 g/mol. The molecule has 1 aromatic carbocycles. The molecule has 8 heteroatoms. The summed E-state index contributed by atoms with van der Waals surface area (Å²) in [6.07, 6.45) is 11.2. The third-order valence-corrected chi connectivity index (χ3v) is 8.04. The number of piperazine rings is 1. The topological polar surface area (TPSA) is 67.4 Å². The van der Waals surface area contributed by atoms with Crippen LogP contribution in [0.4, 0.5) is 10.1 Å². The summed E-state index contributed by atoms with van der Waals surface area (Å²) in [7, 11) is 2.09. The maximum absolute atomic E-state index is 15.4. The van der Waals surface area contributed by atoms with E-state index in [0.29, 0.717) is 40.2 Å². The van der Waals surface area contributed by atoms with Gasteiger partial charge in [-0.25, -0.2) is 4.39 Å².